The Morgan fingerprint density at radius 2 is 2.03 bits per heavy atom. The molecule has 1 heterocycles. The third-order valence-electron chi connectivity index (χ3n) is 4.63. The fourth-order valence-corrected chi connectivity index (χ4v) is 3.02. The normalized spacial score (nSPS) is 13.4. The van der Waals surface area contributed by atoms with Gasteiger partial charge in [-0.2, -0.15) is 4.98 Å². The first kappa shape index (κ1) is 20.2. The minimum Gasteiger partial charge on any atom is -0.340 e. The van der Waals surface area contributed by atoms with Crippen LogP contribution in [-0.2, 0) is 16.0 Å². The van der Waals surface area contributed by atoms with Gasteiger partial charge in [0.05, 0.1) is 0 Å². The van der Waals surface area contributed by atoms with Crippen LogP contribution >= 0.6 is 0 Å². The molecule has 0 amide bonds. The van der Waals surface area contributed by atoms with Gasteiger partial charge in [0.1, 0.15) is 5.82 Å². The number of carbonyl (C=O) groups is 2. The molecule has 1 aromatic carbocycles. The largest absolute Gasteiger partial charge is 0.340 e. The highest BCUT2D eigenvalue weighted by atomic mass is 16.1. The summed E-state index contributed by atoms with van der Waals surface area (Å²) in [6.07, 6.45) is 7.16. The number of nitrogens with one attached hydrogen (secondary N) is 2. The highest BCUT2D eigenvalue weighted by Crippen LogP contribution is 2.25. The highest BCUT2D eigenvalue weighted by Gasteiger charge is 2.13. The van der Waals surface area contributed by atoms with Gasteiger partial charge in [-0.05, 0) is 50.1 Å². The van der Waals surface area contributed by atoms with Crippen molar-refractivity contribution in [2.75, 3.05) is 10.6 Å². The Morgan fingerprint density at radius 1 is 1.24 bits per heavy atom. The second-order valence-electron chi connectivity index (χ2n) is 7.10. The molecular formula is C23H24N4O2. The van der Waals surface area contributed by atoms with E-state index in [1.165, 1.54) is 6.08 Å². The van der Waals surface area contributed by atoms with Crippen molar-refractivity contribution in [2.45, 2.75) is 33.6 Å². The molecule has 0 saturated heterocycles. The molecule has 2 aromatic rings. The zero-order chi connectivity index (χ0) is 21.0. The van der Waals surface area contributed by atoms with Crippen LogP contribution in [0, 0.1) is 13.8 Å². The summed E-state index contributed by atoms with van der Waals surface area (Å²) in [7, 11) is 0. The molecule has 0 bridgehead atoms. The van der Waals surface area contributed by atoms with Crippen molar-refractivity contribution in [1.82, 2.24) is 9.97 Å². The summed E-state index contributed by atoms with van der Waals surface area (Å²) in [5, 5.41) is 6.51. The van der Waals surface area contributed by atoms with E-state index in [1.54, 1.807) is 12.3 Å². The van der Waals surface area contributed by atoms with E-state index < -0.39 is 0 Å². The first-order valence-corrected chi connectivity index (χ1v) is 9.40. The van der Waals surface area contributed by atoms with Gasteiger partial charge in [-0.25, -0.2) is 4.98 Å². The Morgan fingerprint density at radius 3 is 2.76 bits per heavy atom. The smallest absolute Gasteiger partial charge is 0.229 e. The van der Waals surface area contributed by atoms with Crippen LogP contribution < -0.4 is 10.6 Å². The maximum atomic E-state index is 11.9. The quantitative estimate of drug-likeness (QED) is 0.686. The lowest BCUT2D eigenvalue weighted by atomic mass is 10.0. The van der Waals surface area contributed by atoms with Gasteiger partial charge in [-0.1, -0.05) is 30.4 Å². The standard InChI is InChI=1S/C23H24N4O2/c1-5-18(28)12-17-10-14(2)6-8-21(17)25-22-16(4)13-24-23(27-22)26-20-9-7-19(29)11-15(20)3/h5-6,8-11,13H,1,7,12H2,2-4H3,(H2,24,25,26,27). The molecule has 0 fully saturated rings. The molecule has 29 heavy (non-hydrogen) atoms. The summed E-state index contributed by atoms with van der Waals surface area (Å²) in [5.74, 6) is 1.12. The molecule has 1 aliphatic carbocycles. The molecule has 6 nitrogen and oxygen atoms in total. The minimum atomic E-state index is -0.0403. The van der Waals surface area contributed by atoms with Gasteiger partial charge in [-0.3, -0.25) is 9.59 Å². The molecule has 0 saturated carbocycles. The van der Waals surface area contributed by atoms with Crippen molar-refractivity contribution >= 4 is 29.0 Å². The molecule has 0 unspecified atom stereocenters. The summed E-state index contributed by atoms with van der Waals surface area (Å²) in [4.78, 5) is 32.3. The molecule has 0 radical (unpaired) electrons. The number of aryl methyl sites for hydroxylation is 2. The number of aromatic nitrogens is 2. The number of hydrogen-bond donors (Lipinski definition) is 2. The van der Waals surface area contributed by atoms with Crippen molar-refractivity contribution < 1.29 is 9.59 Å². The van der Waals surface area contributed by atoms with Crippen molar-refractivity contribution in [2.24, 2.45) is 0 Å². The topological polar surface area (TPSA) is 84.0 Å². The number of anilines is 3. The van der Waals surface area contributed by atoms with Gasteiger partial charge >= 0.3 is 0 Å². The predicted molar refractivity (Wildman–Crippen MR) is 115 cm³/mol. The Kier molecular flexibility index (Phi) is 6.02. The van der Waals surface area contributed by atoms with E-state index in [9.17, 15) is 9.59 Å². The fourth-order valence-electron chi connectivity index (χ4n) is 3.02. The van der Waals surface area contributed by atoms with E-state index >= 15 is 0 Å². The van der Waals surface area contributed by atoms with Gasteiger partial charge in [0.15, 0.2) is 11.6 Å². The van der Waals surface area contributed by atoms with E-state index in [1.807, 2.05) is 45.0 Å². The minimum absolute atomic E-state index is 0.0403. The Labute approximate surface area is 170 Å². The Hall–Kier alpha value is -3.54. The third-order valence-corrected chi connectivity index (χ3v) is 4.63. The van der Waals surface area contributed by atoms with Crippen LogP contribution in [0.5, 0.6) is 0 Å². The molecule has 0 atom stereocenters. The number of ketones is 2. The second kappa shape index (κ2) is 8.65. The van der Waals surface area contributed by atoms with Crippen LogP contribution in [0.2, 0.25) is 0 Å². The summed E-state index contributed by atoms with van der Waals surface area (Å²) >= 11 is 0. The molecule has 0 aliphatic heterocycles. The van der Waals surface area contributed by atoms with E-state index in [4.69, 9.17) is 0 Å². The van der Waals surface area contributed by atoms with Gasteiger partial charge in [0.2, 0.25) is 5.95 Å². The number of rotatable bonds is 7. The van der Waals surface area contributed by atoms with Crippen molar-refractivity contribution in [3.05, 3.63) is 77.2 Å². The molecule has 6 heteroatoms. The molecule has 3 rings (SSSR count). The number of allylic oxidation sites excluding steroid dienone is 4. The van der Waals surface area contributed by atoms with Gasteiger partial charge in [0, 0.05) is 36.0 Å². The van der Waals surface area contributed by atoms with Gasteiger partial charge in [0.25, 0.3) is 0 Å². The SMILES string of the molecule is C=CC(=O)Cc1cc(C)ccc1Nc1nc(NC2=CCC(=O)C=C2C)ncc1C. The fraction of sp³-hybridized carbons (Fsp3) is 0.217. The van der Waals surface area contributed by atoms with Crippen molar-refractivity contribution in [3.63, 3.8) is 0 Å². The first-order valence-electron chi connectivity index (χ1n) is 9.40. The zero-order valence-electron chi connectivity index (χ0n) is 16.9. The molecule has 1 aromatic heterocycles. The van der Waals surface area contributed by atoms with Gasteiger partial charge in [-0.15, -0.1) is 0 Å². The van der Waals surface area contributed by atoms with E-state index in [0.717, 1.165) is 33.6 Å². The van der Waals surface area contributed by atoms with Crippen LogP contribution in [0.25, 0.3) is 0 Å². The average molecular weight is 388 g/mol. The summed E-state index contributed by atoms with van der Waals surface area (Å²) < 4.78 is 0. The zero-order valence-corrected chi connectivity index (χ0v) is 16.9. The summed E-state index contributed by atoms with van der Waals surface area (Å²) in [6, 6.07) is 5.91. The lowest BCUT2D eigenvalue weighted by molar-refractivity contribution is -0.114. The van der Waals surface area contributed by atoms with Crippen LogP contribution in [0.1, 0.15) is 30.0 Å². The van der Waals surface area contributed by atoms with Crippen LogP contribution in [-0.4, -0.2) is 21.5 Å². The average Bonchev–Trinajstić information content (AvgIpc) is 2.68. The van der Waals surface area contributed by atoms with Crippen LogP contribution in [0.3, 0.4) is 0 Å². The monoisotopic (exact) mass is 388 g/mol. The molecule has 148 valence electrons. The van der Waals surface area contributed by atoms with E-state index in [-0.39, 0.29) is 18.0 Å². The van der Waals surface area contributed by atoms with E-state index in [0.29, 0.717) is 18.2 Å². The molecular weight excluding hydrogens is 364 g/mol. The Bertz CT molecular complexity index is 1050. The highest BCUT2D eigenvalue weighted by molar-refractivity contribution is 5.94. The van der Waals surface area contributed by atoms with Crippen LogP contribution in [0.15, 0.2) is 60.5 Å². The molecule has 0 spiro atoms. The van der Waals surface area contributed by atoms with Crippen molar-refractivity contribution in [1.29, 1.82) is 0 Å². The molecule has 2 N–H and O–H groups in total. The number of carbonyl (C=O) groups excluding carboxylic acids is 2. The maximum absolute atomic E-state index is 11.9. The lowest BCUT2D eigenvalue weighted by Crippen LogP contribution is -2.11. The molecule has 1 aliphatic rings. The van der Waals surface area contributed by atoms with Crippen molar-refractivity contribution in [3.8, 4) is 0 Å². The summed E-state index contributed by atoms with van der Waals surface area (Å²) in [5.41, 5.74) is 5.32. The maximum Gasteiger partial charge on any atom is 0.229 e. The number of nitrogens with zero attached hydrogens (tertiary/aromatic N) is 2. The first-order chi connectivity index (χ1) is 13.9. The van der Waals surface area contributed by atoms with Crippen LogP contribution in [0.4, 0.5) is 17.5 Å². The number of benzene rings is 1. The lowest BCUT2D eigenvalue weighted by Gasteiger charge is -2.16. The summed E-state index contributed by atoms with van der Waals surface area (Å²) in [6.45, 7) is 9.33. The number of hydrogen-bond acceptors (Lipinski definition) is 6. The Balaban J connectivity index is 1.86. The van der Waals surface area contributed by atoms with E-state index in [2.05, 4.69) is 27.2 Å². The predicted octanol–water partition coefficient (Wildman–Crippen LogP) is 4.35. The van der Waals surface area contributed by atoms with Gasteiger partial charge < -0.3 is 10.6 Å². The second-order valence-corrected chi connectivity index (χ2v) is 7.10. The third kappa shape index (κ3) is 5.04.